The summed E-state index contributed by atoms with van der Waals surface area (Å²) in [6, 6.07) is 2.52. The van der Waals surface area contributed by atoms with Crippen molar-refractivity contribution in [1.82, 2.24) is 4.72 Å². The van der Waals surface area contributed by atoms with Crippen molar-refractivity contribution in [3.63, 3.8) is 0 Å². The molecule has 4 N–H and O–H groups in total. The third kappa shape index (κ3) is 5.02. The summed E-state index contributed by atoms with van der Waals surface area (Å²) in [6.45, 7) is 0.100. The van der Waals surface area contributed by atoms with Gasteiger partial charge in [0.05, 0.1) is 17.2 Å². The molecule has 114 valence electrons. The van der Waals surface area contributed by atoms with Gasteiger partial charge in [0, 0.05) is 13.7 Å². The van der Waals surface area contributed by atoms with Gasteiger partial charge in [0.2, 0.25) is 10.0 Å². The van der Waals surface area contributed by atoms with Crippen molar-refractivity contribution in [2.75, 3.05) is 25.0 Å². The first kappa shape index (κ1) is 16.8. The summed E-state index contributed by atoms with van der Waals surface area (Å²) >= 11 is 0. The smallest absolute Gasteiger partial charge is 0.299 e. The predicted molar refractivity (Wildman–Crippen MR) is 70.2 cm³/mol. The van der Waals surface area contributed by atoms with Gasteiger partial charge in [-0.2, -0.15) is 13.1 Å². The molecule has 0 heterocycles. The van der Waals surface area contributed by atoms with E-state index >= 15 is 0 Å². The van der Waals surface area contributed by atoms with E-state index in [1.54, 1.807) is 0 Å². The number of primary sulfonamides is 1. The van der Waals surface area contributed by atoms with Crippen molar-refractivity contribution in [3.05, 3.63) is 24.0 Å². The van der Waals surface area contributed by atoms with Crippen LogP contribution in [-0.4, -0.2) is 37.1 Å². The van der Waals surface area contributed by atoms with Gasteiger partial charge < -0.3 is 4.74 Å². The van der Waals surface area contributed by atoms with Gasteiger partial charge >= 0.3 is 0 Å². The van der Waals surface area contributed by atoms with Gasteiger partial charge in [-0.05, 0) is 18.2 Å². The zero-order valence-corrected chi connectivity index (χ0v) is 12.1. The molecule has 11 heteroatoms. The Morgan fingerprint density at radius 2 is 1.95 bits per heavy atom. The summed E-state index contributed by atoms with van der Waals surface area (Å²) in [7, 11) is -6.72. The summed E-state index contributed by atoms with van der Waals surface area (Å²) in [5.41, 5.74) is -0.526. The van der Waals surface area contributed by atoms with Crippen LogP contribution >= 0.6 is 0 Å². The second kappa shape index (κ2) is 6.45. The minimum atomic E-state index is -4.06. The van der Waals surface area contributed by atoms with Gasteiger partial charge in [-0.1, -0.05) is 0 Å². The summed E-state index contributed by atoms with van der Waals surface area (Å²) < 4.78 is 67.4. The first-order valence-corrected chi connectivity index (χ1v) is 8.27. The highest BCUT2D eigenvalue weighted by Crippen LogP contribution is 2.19. The number of benzene rings is 1. The number of anilines is 1. The van der Waals surface area contributed by atoms with E-state index < -0.39 is 36.6 Å². The van der Waals surface area contributed by atoms with Crippen LogP contribution in [-0.2, 0) is 25.0 Å². The molecule has 20 heavy (non-hydrogen) atoms. The van der Waals surface area contributed by atoms with Crippen molar-refractivity contribution >= 4 is 25.9 Å². The Kier molecular flexibility index (Phi) is 5.42. The zero-order valence-electron chi connectivity index (χ0n) is 10.5. The lowest BCUT2D eigenvalue weighted by atomic mass is 10.3. The number of methoxy groups -OCH3 is 1. The number of hydrogen-bond acceptors (Lipinski definition) is 5. The van der Waals surface area contributed by atoms with E-state index in [1.807, 2.05) is 4.72 Å². The van der Waals surface area contributed by atoms with Crippen LogP contribution in [0.2, 0.25) is 0 Å². The maximum atomic E-state index is 13.5. The number of rotatable bonds is 7. The number of nitrogens with one attached hydrogen (secondary N) is 2. The molecule has 1 aromatic carbocycles. The lowest BCUT2D eigenvalue weighted by Crippen LogP contribution is -2.33. The first-order valence-electron chi connectivity index (χ1n) is 5.24. The van der Waals surface area contributed by atoms with Crippen molar-refractivity contribution in [3.8, 4) is 0 Å². The van der Waals surface area contributed by atoms with E-state index in [-0.39, 0.29) is 13.2 Å². The lowest BCUT2D eigenvalue weighted by Gasteiger charge is -2.10. The molecule has 0 aromatic heterocycles. The average molecular weight is 327 g/mol. The van der Waals surface area contributed by atoms with Crippen LogP contribution < -0.4 is 14.6 Å². The van der Waals surface area contributed by atoms with Gasteiger partial charge in [0.15, 0.2) is 0 Å². The third-order valence-electron chi connectivity index (χ3n) is 2.11. The van der Waals surface area contributed by atoms with Gasteiger partial charge in [-0.3, -0.25) is 4.72 Å². The zero-order chi connectivity index (χ0) is 15.4. The third-order valence-corrected chi connectivity index (χ3v) is 4.09. The normalized spacial score (nSPS) is 12.3. The number of hydrogen-bond donors (Lipinski definition) is 3. The van der Waals surface area contributed by atoms with E-state index in [9.17, 15) is 21.2 Å². The number of ether oxygens (including phenoxy) is 1. The summed E-state index contributed by atoms with van der Waals surface area (Å²) in [6.07, 6.45) is 0. The molecule has 0 saturated carbocycles. The average Bonchev–Trinajstić information content (AvgIpc) is 2.30. The Morgan fingerprint density at radius 1 is 1.30 bits per heavy atom. The highest BCUT2D eigenvalue weighted by molar-refractivity contribution is 7.90. The fraction of sp³-hybridized carbons (Fsp3) is 0.333. The van der Waals surface area contributed by atoms with E-state index in [4.69, 9.17) is 5.14 Å². The van der Waals surface area contributed by atoms with Crippen molar-refractivity contribution in [2.24, 2.45) is 5.14 Å². The largest absolute Gasteiger partial charge is 0.383 e. The van der Waals surface area contributed by atoms with E-state index in [2.05, 4.69) is 9.46 Å². The molecule has 0 aliphatic rings. The van der Waals surface area contributed by atoms with Crippen LogP contribution in [0.25, 0.3) is 0 Å². The molecule has 0 atom stereocenters. The molecule has 1 rings (SSSR count). The molecule has 0 unspecified atom stereocenters. The Hall–Kier alpha value is -1.27. The first-order chi connectivity index (χ1) is 9.15. The molecule has 8 nitrogen and oxygen atoms in total. The van der Waals surface area contributed by atoms with Gasteiger partial charge in [0.25, 0.3) is 10.2 Å². The van der Waals surface area contributed by atoms with Gasteiger partial charge in [-0.25, -0.2) is 17.9 Å². The quantitative estimate of drug-likeness (QED) is 0.574. The molecular weight excluding hydrogens is 313 g/mol. The highest BCUT2D eigenvalue weighted by atomic mass is 32.2. The fourth-order valence-electron chi connectivity index (χ4n) is 1.22. The van der Waals surface area contributed by atoms with Crippen LogP contribution in [0.1, 0.15) is 0 Å². The second-order valence-corrected chi connectivity index (χ2v) is 6.74. The monoisotopic (exact) mass is 327 g/mol. The highest BCUT2D eigenvalue weighted by Gasteiger charge is 2.16. The Labute approximate surface area is 116 Å². The van der Waals surface area contributed by atoms with Crippen LogP contribution in [0.3, 0.4) is 0 Å². The SMILES string of the molecule is COCCNS(=O)(=O)Nc1cc(S(N)(=O)=O)ccc1F. The van der Waals surface area contributed by atoms with E-state index in [1.165, 1.54) is 7.11 Å². The minimum absolute atomic E-state index is 0.0255. The molecule has 0 spiro atoms. The predicted octanol–water partition coefficient (Wildman–Crippen LogP) is -0.634. The van der Waals surface area contributed by atoms with E-state index in [0.29, 0.717) is 0 Å². The van der Waals surface area contributed by atoms with Crippen LogP contribution in [0.4, 0.5) is 10.1 Å². The number of nitrogens with two attached hydrogens (primary N) is 1. The van der Waals surface area contributed by atoms with Gasteiger partial charge in [0.1, 0.15) is 5.82 Å². The van der Waals surface area contributed by atoms with Crippen LogP contribution in [0.15, 0.2) is 23.1 Å². The number of sulfonamides is 1. The molecule has 0 fully saturated rings. The van der Waals surface area contributed by atoms with E-state index in [0.717, 1.165) is 18.2 Å². The molecule has 0 radical (unpaired) electrons. The summed E-state index contributed by atoms with van der Waals surface area (Å²) in [5, 5.41) is 4.88. The topological polar surface area (TPSA) is 128 Å². The molecule has 0 amide bonds. The maximum absolute atomic E-state index is 13.5. The van der Waals surface area contributed by atoms with Crippen molar-refractivity contribution in [2.45, 2.75) is 4.90 Å². The van der Waals surface area contributed by atoms with Gasteiger partial charge in [-0.15, -0.1) is 0 Å². The second-order valence-electron chi connectivity index (χ2n) is 3.68. The lowest BCUT2D eigenvalue weighted by molar-refractivity contribution is 0.204. The molecule has 0 aliphatic carbocycles. The van der Waals surface area contributed by atoms with Crippen molar-refractivity contribution in [1.29, 1.82) is 0 Å². The van der Waals surface area contributed by atoms with Crippen LogP contribution in [0.5, 0.6) is 0 Å². The Balaban J connectivity index is 2.97. The minimum Gasteiger partial charge on any atom is -0.383 e. The molecular formula is C9H14FN3O5S2. The Bertz CT molecular complexity index is 675. The Morgan fingerprint density at radius 3 is 2.50 bits per heavy atom. The maximum Gasteiger partial charge on any atom is 0.299 e. The summed E-state index contributed by atoms with van der Waals surface area (Å²) in [4.78, 5) is -0.409. The summed E-state index contributed by atoms with van der Waals surface area (Å²) in [5.74, 6) is -0.936. The molecule has 0 bridgehead atoms. The number of halogens is 1. The molecule has 1 aromatic rings. The fourth-order valence-corrected chi connectivity index (χ4v) is 2.63. The van der Waals surface area contributed by atoms with Crippen molar-refractivity contribution < 1.29 is 26.0 Å². The molecule has 0 aliphatic heterocycles. The molecule has 0 saturated heterocycles. The standard InChI is InChI=1S/C9H14FN3O5S2/c1-18-5-4-12-20(16,17)13-9-6-7(19(11,14)15)2-3-8(9)10/h2-3,6,12-13H,4-5H2,1H3,(H2,11,14,15). The van der Waals surface area contributed by atoms with Crippen LogP contribution in [0, 0.1) is 5.82 Å².